The van der Waals surface area contributed by atoms with Crippen molar-refractivity contribution in [2.24, 2.45) is 0 Å². The van der Waals surface area contributed by atoms with E-state index in [0.717, 1.165) is 0 Å². The molecule has 3 nitrogen and oxygen atoms in total. The highest BCUT2D eigenvalue weighted by Crippen LogP contribution is 2.20. The van der Waals surface area contributed by atoms with E-state index in [2.05, 4.69) is 20.9 Å². The highest BCUT2D eigenvalue weighted by molar-refractivity contribution is 9.10. The first-order valence-corrected chi connectivity index (χ1v) is 5.58. The molecule has 0 spiro atoms. The number of ether oxygens (including phenoxy) is 1. The molecule has 5 heteroatoms. The highest BCUT2D eigenvalue weighted by atomic mass is 79.9. The minimum Gasteiger partial charge on any atom is -0.492 e. The van der Waals surface area contributed by atoms with E-state index in [4.69, 9.17) is 4.74 Å². The summed E-state index contributed by atoms with van der Waals surface area (Å²) < 4.78 is 21.0. The van der Waals surface area contributed by atoms with Crippen LogP contribution in [0.2, 0.25) is 0 Å². The fourth-order valence-corrected chi connectivity index (χ4v) is 1.74. The van der Waals surface area contributed by atoms with Gasteiger partial charge in [0.1, 0.15) is 18.2 Å². The van der Waals surface area contributed by atoms with Gasteiger partial charge in [-0.1, -0.05) is 15.9 Å². The second kappa shape index (κ2) is 5.12. The molecule has 0 aliphatic rings. The first-order chi connectivity index (χ1) is 7.74. The molecule has 1 aromatic heterocycles. The van der Waals surface area contributed by atoms with Gasteiger partial charge in [0.25, 0.3) is 0 Å². The first kappa shape index (κ1) is 11.1. The predicted molar refractivity (Wildman–Crippen MR) is 61.8 cm³/mol. The van der Waals surface area contributed by atoms with E-state index in [9.17, 15) is 4.39 Å². The average Bonchev–Trinajstić information content (AvgIpc) is 2.69. The molecule has 0 aliphatic heterocycles. The van der Waals surface area contributed by atoms with Gasteiger partial charge in [0.05, 0.1) is 12.9 Å². The molecule has 1 heterocycles. The zero-order chi connectivity index (χ0) is 11.4. The van der Waals surface area contributed by atoms with Crippen LogP contribution in [0.1, 0.15) is 0 Å². The van der Waals surface area contributed by atoms with Crippen LogP contribution in [0.25, 0.3) is 0 Å². The normalized spacial score (nSPS) is 10.4. The van der Waals surface area contributed by atoms with Crippen molar-refractivity contribution in [3.05, 3.63) is 47.2 Å². The van der Waals surface area contributed by atoms with E-state index in [1.54, 1.807) is 18.6 Å². The summed E-state index contributed by atoms with van der Waals surface area (Å²) in [7, 11) is 0. The maximum Gasteiger partial charge on any atom is 0.128 e. The molecule has 0 saturated heterocycles. The molecule has 16 heavy (non-hydrogen) atoms. The van der Waals surface area contributed by atoms with Gasteiger partial charge >= 0.3 is 0 Å². The third-order valence-corrected chi connectivity index (χ3v) is 2.47. The molecule has 0 bridgehead atoms. The Labute approximate surface area is 101 Å². The van der Waals surface area contributed by atoms with Crippen molar-refractivity contribution in [1.82, 2.24) is 9.55 Å². The number of hydrogen-bond acceptors (Lipinski definition) is 2. The van der Waals surface area contributed by atoms with Crippen LogP contribution in [0.5, 0.6) is 5.75 Å². The minimum absolute atomic E-state index is 0.313. The largest absolute Gasteiger partial charge is 0.492 e. The molecular formula is C11H10BrFN2O. The molecule has 2 aromatic rings. The Bertz CT molecular complexity index is 439. The Morgan fingerprint density at radius 2 is 2.25 bits per heavy atom. The second-order valence-corrected chi connectivity index (χ2v) is 4.17. The van der Waals surface area contributed by atoms with Crippen molar-refractivity contribution in [2.75, 3.05) is 6.61 Å². The van der Waals surface area contributed by atoms with Crippen LogP contribution >= 0.6 is 15.9 Å². The van der Waals surface area contributed by atoms with Crippen LogP contribution in [-0.4, -0.2) is 16.2 Å². The van der Waals surface area contributed by atoms with Crippen molar-refractivity contribution >= 4 is 15.9 Å². The number of nitrogens with zero attached hydrogens (tertiary/aromatic N) is 2. The van der Waals surface area contributed by atoms with Crippen LogP contribution in [0, 0.1) is 5.82 Å². The quantitative estimate of drug-likeness (QED) is 0.863. The number of hydrogen-bond donors (Lipinski definition) is 0. The number of benzene rings is 1. The Morgan fingerprint density at radius 1 is 1.38 bits per heavy atom. The lowest BCUT2D eigenvalue weighted by atomic mass is 10.3. The zero-order valence-electron chi connectivity index (χ0n) is 8.44. The average molecular weight is 285 g/mol. The monoisotopic (exact) mass is 284 g/mol. The summed E-state index contributed by atoms with van der Waals surface area (Å²) in [6.07, 6.45) is 5.27. The summed E-state index contributed by atoms with van der Waals surface area (Å²) in [5.74, 6) is 0.207. The Morgan fingerprint density at radius 3 is 2.94 bits per heavy atom. The molecule has 0 atom stereocenters. The summed E-state index contributed by atoms with van der Waals surface area (Å²) in [6.45, 7) is 1.17. The Hall–Kier alpha value is -1.36. The molecule has 84 valence electrons. The van der Waals surface area contributed by atoms with Gasteiger partial charge in [0.15, 0.2) is 0 Å². The number of imidazole rings is 1. The fourth-order valence-electron chi connectivity index (χ4n) is 1.30. The van der Waals surface area contributed by atoms with Gasteiger partial charge < -0.3 is 9.30 Å². The summed E-state index contributed by atoms with van der Waals surface area (Å²) in [4.78, 5) is 3.92. The lowest BCUT2D eigenvalue weighted by Crippen LogP contribution is -2.06. The number of halogens is 2. The van der Waals surface area contributed by atoms with E-state index in [1.165, 1.54) is 12.1 Å². The van der Waals surface area contributed by atoms with Crippen LogP contribution in [0.15, 0.2) is 41.4 Å². The molecule has 0 N–H and O–H groups in total. The standard InChI is InChI=1S/C11H10BrFN2O/c12-9-5-10(13)7-11(6-9)16-4-3-15-2-1-14-8-15/h1-2,5-8H,3-4H2. The maximum absolute atomic E-state index is 13.0. The number of aromatic nitrogens is 2. The SMILES string of the molecule is Fc1cc(Br)cc(OCCn2ccnc2)c1. The van der Waals surface area contributed by atoms with E-state index in [1.807, 2.05) is 10.8 Å². The highest BCUT2D eigenvalue weighted by Gasteiger charge is 1.99. The topological polar surface area (TPSA) is 27.1 Å². The van der Waals surface area contributed by atoms with Crippen molar-refractivity contribution < 1.29 is 9.13 Å². The van der Waals surface area contributed by atoms with Crippen LogP contribution in [0.4, 0.5) is 4.39 Å². The van der Waals surface area contributed by atoms with Crippen LogP contribution < -0.4 is 4.74 Å². The third-order valence-electron chi connectivity index (χ3n) is 2.01. The predicted octanol–water partition coefficient (Wildman–Crippen LogP) is 2.86. The minimum atomic E-state index is -0.313. The molecule has 0 fully saturated rings. The van der Waals surface area contributed by atoms with Gasteiger partial charge in [-0.3, -0.25) is 0 Å². The molecule has 0 unspecified atom stereocenters. The lowest BCUT2D eigenvalue weighted by Gasteiger charge is -2.07. The van der Waals surface area contributed by atoms with Crippen molar-refractivity contribution in [3.8, 4) is 5.75 Å². The molecule has 0 aliphatic carbocycles. The molecular weight excluding hydrogens is 275 g/mol. The summed E-state index contributed by atoms with van der Waals surface area (Å²) in [5, 5.41) is 0. The lowest BCUT2D eigenvalue weighted by molar-refractivity contribution is 0.296. The molecule has 2 rings (SSSR count). The van der Waals surface area contributed by atoms with Crippen molar-refractivity contribution in [2.45, 2.75) is 6.54 Å². The number of rotatable bonds is 4. The molecule has 0 radical (unpaired) electrons. The van der Waals surface area contributed by atoms with E-state index in [0.29, 0.717) is 23.4 Å². The van der Waals surface area contributed by atoms with Gasteiger partial charge in [0.2, 0.25) is 0 Å². The van der Waals surface area contributed by atoms with E-state index in [-0.39, 0.29) is 5.82 Å². The second-order valence-electron chi connectivity index (χ2n) is 3.25. The van der Waals surface area contributed by atoms with E-state index >= 15 is 0 Å². The van der Waals surface area contributed by atoms with Gasteiger partial charge in [-0.05, 0) is 12.1 Å². The maximum atomic E-state index is 13.0. The molecule has 0 amide bonds. The molecule has 1 aromatic carbocycles. The smallest absolute Gasteiger partial charge is 0.128 e. The Balaban J connectivity index is 1.89. The summed E-state index contributed by atoms with van der Waals surface area (Å²) in [5.41, 5.74) is 0. The van der Waals surface area contributed by atoms with Gasteiger partial charge in [0, 0.05) is 22.9 Å². The summed E-state index contributed by atoms with van der Waals surface area (Å²) >= 11 is 3.21. The van der Waals surface area contributed by atoms with Crippen LogP contribution in [-0.2, 0) is 6.54 Å². The van der Waals surface area contributed by atoms with Gasteiger partial charge in [-0.2, -0.15) is 0 Å². The third kappa shape index (κ3) is 3.06. The van der Waals surface area contributed by atoms with Crippen molar-refractivity contribution in [1.29, 1.82) is 0 Å². The Kier molecular flexibility index (Phi) is 3.56. The van der Waals surface area contributed by atoms with E-state index < -0.39 is 0 Å². The fraction of sp³-hybridized carbons (Fsp3) is 0.182. The molecule has 0 saturated carbocycles. The first-order valence-electron chi connectivity index (χ1n) is 4.79. The van der Waals surface area contributed by atoms with Gasteiger partial charge in [-0.15, -0.1) is 0 Å². The van der Waals surface area contributed by atoms with Crippen LogP contribution in [0.3, 0.4) is 0 Å². The van der Waals surface area contributed by atoms with Crippen molar-refractivity contribution in [3.63, 3.8) is 0 Å². The zero-order valence-corrected chi connectivity index (χ0v) is 10.0. The summed E-state index contributed by atoms with van der Waals surface area (Å²) in [6, 6.07) is 4.48. The van der Waals surface area contributed by atoms with Gasteiger partial charge in [-0.25, -0.2) is 9.37 Å².